The van der Waals surface area contributed by atoms with Crippen LogP contribution in [0, 0.1) is 0 Å². The van der Waals surface area contributed by atoms with Gasteiger partial charge in [0.2, 0.25) is 5.91 Å². The van der Waals surface area contributed by atoms with E-state index in [1.54, 1.807) is 0 Å². The van der Waals surface area contributed by atoms with Gasteiger partial charge in [-0.05, 0) is 18.6 Å². The van der Waals surface area contributed by atoms with Crippen molar-refractivity contribution >= 4 is 11.7 Å². The number of carbonyl (C=O) groups is 1. The molecule has 0 atom stereocenters. The molecule has 0 radical (unpaired) electrons. The summed E-state index contributed by atoms with van der Waals surface area (Å²) in [5.74, 6) is -0.0724. The van der Waals surface area contributed by atoms with Gasteiger partial charge in [-0.1, -0.05) is 26.2 Å². The van der Waals surface area contributed by atoms with Crippen LogP contribution in [0.4, 0.5) is 19.0 Å². The number of nitrogens with one attached hydrogen (secondary N) is 1. The van der Waals surface area contributed by atoms with E-state index in [1.165, 1.54) is 0 Å². The van der Waals surface area contributed by atoms with Gasteiger partial charge in [-0.15, -0.1) is 0 Å². The lowest BCUT2D eigenvalue weighted by molar-refractivity contribution is -0.137. The number of nitrogens with zero attached hydrogens (tertiary/aromatic N) is 1. The number of pyridine rings is 1. The van der Waals surface area contributed by atoms with Crippen molar-refractivity contribution in [1.29, 1.82) is 0 Å². The molecular formula is C13H17F3N2O. The second kappa shape index (κ2) is 7.11. The first-order valence-electron chi connectivity index (χ1n) is 6.26. The van der Waals surface area contributed by atoms with Gasteiger partial charge in [0.25, 0.3) is 0 Å². The van der Waals surface area contributed by atoms with E-state index in [0.717, 1.165) is 37.8 Å². The summed E-state index contributed by atoms with van der Waals surface area (Å²) in [6.07, 6.45) is 0.587. The van der Waals surface area contributed by atoms with Crippen LogP contribution in [0.25, 0.3) is 0 Å². The fourth-order valence-electron chi connectivity index (χ4n) is 1.55. The van der Waals surface area contributed by atoms with E-state index in [4.69, 9.17) is 0 Å². The lowest BCUT2D eigenvalue weighted by Gasteiger charge is -2.07. The molecule has 0 spiro atoms. The van der Waals surface area contributed by atoms with E-state index in [-0.39, 0.29) is 11.7 Å². The first-order valence-corrected chi connectivity index (χ1v) is 6.26. The fourth-order valence-corrected chi connectivity index (χ4v) is 1.55. The Morgan fingerprint density at radius 3 is 2.53 bits per heavy atom. The average molecular weight is 274 g/mol. The Morgan fingerprint density at radius 1 is 1.26 bits per heavy atom. The SMILES string of the molecule is CCCCCCC(=O)Nc1ccc(C(F)(F)F)cn1. The summed E-state index contributed by atoms with van der Waals surface area (Å²) in [4.78, 5) is 15.1. The molecular weight excluding hydrogens is 257 g/mol. The van der Waals surface area contributed by atoms with Crippen LogP contribution >= 0.6 is 0 Å². The molecule has 0 bridgehead atoms. The van der Waals surface area contributed by atoms with E-state index < -0.39 is 11.7 Å². The van der Waals surface area contributed by atoms with Crippen molar-refractivity contribution in [1.82, 2.24) is 4.98 Å². The van der Waals surface area contributed by atoms with Crippen LogP contribution in [0.1, 0.15) is 44.6 Å². The Hall–Kier alpha value is -1.59. The molecule has 106 valence electrons. The van der Waals surface area contributed by atoms with E-state index in [9.17, 15) is 18.0 Å². The van der Waals surface area contributed by atoms with Crippen molar-refractivity contribution in [2.75, 3.05) is 5.32 Å². The molecule has 0 saturated carbocycles. The maximum atomic E-state index is 12.3. The highest BCUT2D eigenvalue weighted by Crippen LogP contribution is 2.28. The quantitative estimate of drug-likeness (QED) is 0.796. The van der Waals surface area contributed by atoms with Crippen LogP contribution in [0.3, 0.4) is 0 Å². The number of unbranched alkanes of at least 4 members (excludes halogenated alkanes) is 3. The molecule has 1 rings (SSSR count). The number of rotatable bonds is 6. The minimum absolute atomic E-state index is 0.147. The number of alkyl halides is 3. The number of carbonyl (C=O) groups excluding carboxylic acids is 1. The van der Waals surface area contributed by atoms with E-state index in [0.29, 0.717) is 12.6 Å². The Morgan fingerprint density at radius 2 is 2.00 bits per heavy atom. The molecule has 6 heteroatoms. The molecule has 19 heavy (non-hydrogen) atoms. The maximum absolute atomic E-state index is 12.3. The molecule has 1 amide bonds. The van der Waals surface area contributed by atoms with Gasteiger partial charge >= 0.3 is 6.18 Å². The summed E-state index contributed by atoms with van der Waals surface area (Å²) < 4.78 is 36.9. The van der Waals surface area contributed by atoms with Crippen molar-refractivity contribution in [3.63, 3.8) is 0 Å². The summed E-state index contributed by atoms with van der Waals surface area (Å²) in [7, 11) is 0. The number of halogens is 3. The Kier molecular flexibility index (Phi) is 5.79. The standard InChI is InChI=1S/C13H17F3N2O/c1-2-3-4-5-6-12(19)18-11-8-7-10(9-17-11)13(14,15)16/h7-9H,2-6H2,1H3,(H,17,18,19). The minimum atomic E-state index is -4.41. The van der Waals surface area contributed by atoms with E-state index in [1.807, 2.05) is 0 Å². The highest BCUT2D eigenvalue weighted by atomic mass is 19.4. The molecule has 1 heterocycles. The zero-order valence-electron chi connectivity index (χ0n) is 10.8. The van der Waals surface area contributed by atoms with Gasteiger partial charge in [0, 0.05) is 12.6 Å². The molecule has 0 fully saturated rings. The predicted molar refractivity (Wildman–Crippen MR) is 66.6 cm³/mol. The Balaban J connectivity index is 2.43. The molecule has 1 aromatic rings. The van der Waals surface area contributed by atoms with Gasteiger partial charge in [-0.2, -0.15) is 13.2 Å². The maximum Gasteiger partial charge on any atom is 0.417 e. The van der Waals surface area contributed by atoms with Crippen LogP contribution in [0.5, 0.6) is 0 Å². The zero-order valence-corrected chi connectivity index (χ0v) is 10.8. The molecule has 1 N–H and O–H groups in total. The van der Waals surface area contributed by atoms with Crippen LogP contribution in [-0.2, 0) is 11.0 Å². The number of aromatic nitrogens is 1. The summed E-state index contributed by atoms with van der Waals surface area (Å²) in [6, 6.07) is 2.06. The second-order valence-corrected chi connectivity index (χ2v) is 4.29. The smallest absolute Gasteiger partial charge is 0.311 e. The van der Waals surface area contributed by atoms with Crippen LogP contribution < -0.4 is 5.32 Å². The summed E-state index contributed by atoms with van der Waals surface area (Å²) in [5.41, 5.74) is -0.826. The molecule has 3 nitrogen and oxygen atoms in total. The van der Waals surface area contributed by atoms with Gasteiger partial charge in [0.05, 0.1) is 5.56 Å². The number of amides is 1. The summed E-state index contributed by atoms with van der Waals surface area (Å²) >= 11 is 0. The van der Waals surface area contributed by atoms with Crippen molar-refractivity contribution in [3.05, 3.63) is 23.9 Å². The average Bonchev–Trinajstić information content (AvgIpc) is 2.34. The second-order valence-electron chi connectivity index (χ2n) is 4.29. The van der Waals surface area contributed by atoms with Gasteiger partial charge in [-0.3, -0.25) is 4.79 Å². The van der Waals surface area contributed by atoms with Crippen LogP contribution in [0.2, 0.25) is 0 Å². The first-order chi connectivity index (χ1) is 8.93. The Bertz CT molecular complexity index is 401. The normalized spacial score (nSPS) is 11.4. The van der Waals surface area contributed by atoms with Crippen molar-refractivity contribution in [2.24, 2.45) is 0 Å². The molecule has 0 saturated heterocycles. The Labute approximate surface area is 110 Å². The molecule has 0 unspecified atom stereocenters. The van der Waals surface area contributed by atoms with Crippen LogP contribution in [0.15, 0.2) is 18.3 Å². The first kappa shape index (κ1) is 15.5. The molecule has 0 aliphatic heterocycles. The van der Waals surface area contributed by atoms with Gasteiger partial charge < -0.3 is 5.32 Å². The molecule has 0 aliphatic rings. The topological polar surface area (TPSA) is 42.0 Å². The highest BCUT2D eigenvalue weighted by Gasteiger charge is 2.30. The minimum Gasteiger partial charge on any atom is -0.311 e. The van der Waals surface area contributed by atoms with E-state index >= 15 is 0 Å². The third-order valence-electron chi connectivity index (χ3n) is 2.62. The number of hydrogen-bond donors (Lipinski definition) is 1. The molecule has 1 aromatic heterocycles. The van der Waals surface area contributed by atoms with E-state index in [2.05, 4.69) is 17.2 Å². The third-order valence-corrected chi connectivity index (χ3v) is 2.62. The van der Waals surface area contributed by atoms with Gasteiger partial charge in [0.15, 0.2) is 0 Å². The van der Waals surface area contributed by atoms with Crippen molar-refractivity contribution < 1.29 is 18.0 Å². The fraction of sp³-hybridized carbons (Fsp3) is 0.538. The lowest BCUT2D eigenvalue weighted by atomic mass is 10.1. The predicted octanol–water partition coefficient (Wildman–Crippen LogP) is 4.01. The molecule has 0 aromatic carbocycles. The van der Waals surface area contributed by atoms with Crippen LogP contribution in [-0.4, -0.2) is 10.9 Å². The third kappa shape index (κ3) is 5.72. The zero-order chi connectivity index (χ0) is 14.3. The van der Waals surface area contributed by atoms with Crippen molar-refractivity contribution in [2.45, 2.75) is 45.2 Å². The van der Waals surface area contributed by atoms with Gasteiger partial charge in [-0.25, -0.2) is 4.98 Å². The number of anilines is 1. The summed E-state index contributed by atoms with van der Waals surface area (Å²) in [6.45, 7) is 2.08. The summed E-state index contributed by atoms with van der Waals surface area (Å²) in [5, 5.41) is 2.48. The largest absolute Gasteiger partial charge is 0.417 e. The lowest BCUT2D eigenvalue weighted by Crippen LogP contribution is -2.13. The van der Waals surface area contributed by atoms with Gasteiger partial charge in [0.1, 0.15) is 5.82 Å². The monoisotopic (exact) mass is 274 g/mol. The van der Waals surface area contributed by atoms with Crippen molar-refractivity contribution in [3.8, 4) is 0 Å². The molecule has 0 aliphatic carbocycles. The number of hydrogen-bond acceptors (Lipinski definition) is 2. The highest BCUT2D eigenvalue weighted by molar-refractivity contribution is 5.89.